The van der Waals surface area contributed by atoms with E-state index in [1.54, 1.807) is 7.11 Å². The third-order valence-electron chi connectivity index (χ3n) is 3.56. The average molecular weight is 280 g/mol. The molecule has 3 rings (SSSR count). The molecule has 0 fully saturated rings. The SMILES string of the molecule is COc1c(C)cc2ccc(-c3ccccc3)cc2c1S. The molecule has 0 atom stereocenters. The van der Waals surface area contributed by atoms with Crippen LogP contribution in [-0.4, -0.2) is 7.11 Å². The fourth-order valence-electron chi connectivity index (χ4n) is 2.56. The van der Waals surface area contributed by atoms with Gasteiger partial charge in [-0.2, -0.15) is 0 Å². The van der Waals surface area contributed by atoms with E-state index in [1.165, 1.54) is 16.5 Å². The van der Waals surface area contributed by atoms with Gasteiger partial charge in [0.1, 0.15) is 5.75 Å². The maximum atomic E-state index is 5.45. The van der Waals surface area contributed by atoms with Crippen LogP contribution < -0.4 is 4.74 Å². The van der Waals surface area contributed by atoms with Crippen LogP contribution in [0.1, 0.15) is 5.56 Å². The van der Waals surface area contributed by atoms with E-state index < -0.39 is 0 Å². The van der Waals surface area contributed by atoms with Crippen LogP contribution in [0.5, 0.6) is 5.75 Å². The average Bonchev–Trinajstić information content (AvgIpc) is 2.48. The predicted octanol–water partition coefficient (Wildman–Crippen LogP) is 5.11. The topological polar surface area (TPSA) is 9.23 Å². The zero-order valence-electron chi connectivity index (χ0n) is 11.6. The molecule has 0 unspecified atom stereocenters. The number of methoxy groups -OCH3 is 1. The molecule has 3 aromatic rings. The number of fused-ring (bicyclic) bond motifs is 1. The van der Waals surface area contributed by atoms with Gasteiger partial charge in [-0.05, 0) is 46.5 Å². The van der Waals surface area contributed by atoms with E-state index in [1.807, 2.05) is 13.0 Å². The Kier molecular flexibility index (Phi) is 3.41. The van der Waals surface area contributed by atoms with Gasteiger partial charge in [0.25, 0.3) is 0 Å². The molecule has 1 nitrogen and oxygen atoms in total. The fourth-order valence-corrected chi connectivity index (χ4v) is 3.02. The number of hydrogen-bond acceptors (Lipinski definition) is 2. The number of ether oxygens (including phenoxy) is 1. The van der Waals surface area contributed by atoms with Crippen LogP contribution >= 0.6 is 12.6 Å². The van der Waals surface area contributed by atoms with Gasteiger partial charge in [0.2, 0.25) is 0 Å². The molecule has 0 aromatic heterocycles. The molecular formula is C18H16OS. The largest absolute Gasteiger partial charge is 0.495 e. The Bertz CT molecular complexity index is 763. The molecule has 0 aliphatic carbocycles. The minimum absolute atomic E-state index is 0.853. The highest BCUT2D eigenvalue weighted by Crippen LogP contribution is 2.36. The van der Waals surface area contributed by atoms with E-state index in [-0.39, 0.29) is 0 Å². The van der Waals surface area contributed by atoms with Crippen LogP contribution in [0.4, 0.5) is 0 Å². The van der Waals surface area contributed by atoms with Gasteiger partial charge in [-0.1, -0.05) is 42.5 Å². The Balaban J connectivity index is 2.25. The quantitative estimate of drug-likeness (QED) is 0.642. The zero-order valence-corrected chi connectivity index (χ0v) is 12.4. The van der Waals surface area contributed by atoms with Gasteiger partial charge in [0.05, 0.1) is 12.0 Å². The Labute approximate surface area is 124 Å². The molecule has 0 saturated carbocycles. The molecule has 0 N–H and O–H groups in total. The Morgan fingerprint density at radius 3 is 2.35 bits per heavy atom. The minimum Gasteiger partial charge on any atom is -0.495 e. The summed E-state index contributed by atoms with van der Waals surface area (Å²) in [6.07, 6.45) is 0. The Morgan fingerprint density at radius 2 is 1.65 bits per heavy atom. The molecule has 0 saturated heterocycles. The maximum absolute atomic E-state index is 5.45. The van der Waals surface area contributed by atoms with Crippen molar-refractivity contribution in [1.82, 2.24) is 0 Å². The summed E-state index contributed by atoms with van der Waals surface area (Å²) in [6, 6.07) is 19.0. The normalized spacial score (nSPS) is 10.8. The third kappa shape index (κ3) is 2.16. The van der Waals surface area contributed by atoms with Gasteiger partial charge in [-0.25, -0.2) is 0 Å². The van der Waals surface area contributed by atoms with Crippen LogP contribution in [0.25, 0.3) is 21.9 Å². The van der Waals surface area contributed by atoms with Crippen molar-refractivity contribution in [2.24, 2.45) is 0 Å². The van der Waals surface area contributed by atoms with Crippen molar-refractivity contribution in [1.29, 1.82) is 0 Å². The lowest BCUT2D eigenvalue weighted by Crippen LogP contribution is -1.90. The summed E-state index contributed by atoms with van der Waals surface area (Å²) in [5.41, 5.74) is 3.51. The van der Waals surface area contributed by atoms with Crippen LogP contribution in [-0.2, 0) is 0 Å². The number of thiol groups is 1. The highest BCUT2D eigenvalue weighted by Gasteiger charge is 2.09. The lowest BCUT2D eigenvalue weighted by molar-refractivity contribution is 0.403. The van der Waals surface area contributed by atoms with E-state index in [0.717, 1.165) is 21.6 Å². The van der Waals surface area contributed by atoms with Gasteiger partial charge in [0.15, 0.2) is 0 Å². The van der Waals surface area contributed by atoms with Crippen molar-refractivity contribution in [3.05, 3.63) is 60.2 Å². The second-order valence-electron chi connectivity index (χ2n) is 4.88. The zero-order chi connectivity index (χ0) is 14.1. The van der Waals surface area contributed by atoms with Crippen LogP contribution in [0, 0.1) is 6.92 Å². The van der Waals surface area contributed by atoms with Crippen LogP contribution in [0.15, 0.2) is 59.5 Å². The lowest BCUT2D eigenvalue weighted by atomic mass is 9.99. The third-order valence-corrected chi connectivity index (χ3v) is 4.01. The van der Waals surface area contributed by atoms with Crippen molar-refractivity contribution in [3.63, 3.8) is 0 Å². The predicted molar refractivity (Wildman–Crippen MR) is 87.9 cm³/mol. The molecule has 0 heterocycles. The van der Waals surface area contributed by atoms with E-state index in [9.17, 15) is 0 Å². The maximum Gasteiger partial charge on any atom is 0.135 e. The molecule has 0 aliphatic heterocycles. The van der Waals surface area contributed by atoms with Crippen molar-refractivity contribution in [2.45, 2.75) is 11.8 Å². The second kappa shape index (κ2) is 5.22. The summed E-state index contributed by atoms with van der Waals surface area (Å²) < 4.78 is 5.45. The standard InChI is InChI=1S/C18H16OS/c1-12-10-15-9-8-14(13-6-4-3-5-7-13)11-16(15)18(20)17(12)19-2/h3-11,20H,1-2H3. The summed E-state index contributed by atoms with van der Waals surface area (Å²) in [5, 5.41) is 2.31. The molecule has 0 spiro atoms. The monoisotopic (exact) mass is 280 g/mol. The van der Waals surface area contributed by atoms with Gasteiger partial charge in [0, 0.05) is 0 Å². The molecular weight excluding hydrogens is 264 g/mol. The summed E-state index contributed by atoms with van der Waals surface area (Å²) in [7, 11) is 1.69. The minimum atomic E-state index is 0.853. The van der Waals surface area contributed by atoms with Crippen molar-refractivity contribution < 1.29 is 4.74 Å². The summed E-state index contributed by atoms with van der Waals surface area (Å²) in [5.74, 6) is 0.853. The van der Waals surface area contributed by atoms with Gasteiger partial charge in [-0.3, -0.25) is 0 Å². The number of aryl methyl sites for hydroxylation is 1. The first-order valence-electron chi connectivity index (χ1n) is 6.56. The Hall–Kier alpha value is -1.93. The van der Waals surface area contributed by atoms with Crippen molar-refractivity contribution in [2.75, 3.05) is 7.11 Å². The van der Waals surface area contributed by atoms with Crippen molar-refractivity contribution in [3.8, 4) is 16.9 Å². The first-order chi connectivity index (χ1) is 9.70. The number of rotatable bonds is 2. The lowest BCUT2D eigenvalue weighted by Gasteiger charge is -2.12. The van der Waals surface area contributed by atoms with Gasteiger partial charge < -0.3 is 4.74 Å². The first-order valence-corrected chi connectivity index (χ1v) is 7.01. The van der Waals surface area contributed by atoms with Crippen LogP contribution in [0.3, 0.4) is 0 Å². The molecule has 0 amide bonds. The van der Waals surface area contributed by atoms with Crippen molar-refractivity contribution >= 4 is 23.4 Å². The van der Waals surface area contributed by atoms with Gasteiger partial charge in [-0.15, -0.1) is 12.6 Å². The first kappa shape index (κ1) is 13.1. The molecule has 0 radical (unpaired) electrons. The number of hydrogen-bond donors (Lipinski definition) is 1. The summed E-state index contributed by atoms with van der Waals surface area (Å²) >= 11 is 4.65. The van der Waals surface area contributed by atoms with E-state index in [0.29, 0.717) is 0 Å². The summed E-state index contributed by atoms with van der Waals surface area (Å²) in [6.45, 7) is 2.04. The van der Waals surface area contributed by atoms with E-state index >= 15 is 0 Å². The molecule has 2 heteroatoms. The molecule has 0 bridgehead atoms. The van der Waals surface area contributed by atoms with Gasteiger partial charge >= 0.3 is 0 Å². The Morgan fingerprint density at radius 1 is 0.900 bits per heavy atom. The highest BCUT2D eigenvalue weighted by atomic mass is 32.1. The molecule has 20 heavy (non-hydrogen) atoms. The number of benzene rings is 3. The fraction of sp³-hybridized carbons (Fsp3) is 0.111. The van der Waals surface area contributed by atoms with E-state index in [2.05, 4.69) is 61.2 Å². The molecule has 100 valence electrons. The molecule has 0 aliphatic rings. The second-order valence-corrected chi connectivity index (χ2v) is 5.32. The highest BCUT2D eigenvalue weighted by molar-refractivity contribution is 7.80. The van der Waals surface area contributed by atoms with Crippen LogP contribution in [0.2, 0.25) is 0 Å². The van der Waals surface area contributed by atoms with E-state index in [4.69, 9.17) is 4.74 Å². The summed E-state index contributed by atoms with van der Waals surface area (Å²) in [4.78, 5) is 0.903. The smallest absolute Gasteiger partial charge is 0.135 e. The molecule has 3 aromatic carbocycles.